The van der Waals surface area contributed by atoms with E-state index in [2.05, 4.69) is 32.7 Å². The molecule has 162 valence electrons. The van der Waals surface area contributed by atoms with Gasteiger partial charge in [0.1, 0.15) is 0 Å². The van der Waals surface area contributed by atoms with Gasteiger partial charge in [-0.2, -0.15) is 0 Å². The van der Waals surface area contributed by atoms with Crippen molar-refractivity contribution in [2.45, 2.75) is 119 Å². The number of amides is 1. The van der Waals surface area contributed by atoms with Crippen molar-refractivity contribution in [2.24, 2.45) is 5.92 Å². The van der Waals surface area contributed by atoms with Gasteiger partial charge in [-0.05, 0) is 6.42 Å². The van der Waals surface area contributed by atoms with Crippen molar-refractivity contribution in [3.8, 4) is 0 Å². The molecular formula is C24H49NOS. The van der Waals surface area contributed by atoms with Crippen LogP contribution in [0, 0.1) is 5.92 Å². The van der Waals surface area contributed by atoms with E-state index in [1.807, 2.05) is 0 Å². The first-order valence-corrected chi connectivity index (χ1v) is 11.3. The molecule has 1 atom stereocenters. The molecule has 0 heterocycles. The maximum Gasteiger partial charge on any atom is 0.216 e. The number of thiocarbonyl (C=S) groups is 1. The number of hydrogen-bond acceptors (Lipinski definition) is 2. The van der Waals surface area contributed by atoms with Crippen molar-refractivity contribution >= 4 is 23.0 Å². The summed E-state index contributed by atoms with van der Waals surface area (Å²) in [5.41, 5.74) is 0. The summed E-state index contributed by atoms with van der Waals surface area (Å²) in [6.45, 7) is 12.6. The molecule has 0 saturated carbocycles. The average Bonchev–Trinajstić information content (AvgIpc) is 2.63. The van der Waals surface area contributed by atoms with Crippen molar-refractivity contribution in [3.63, 3.8) is 0 Å². The average molecular weight is 400 g/mol. The predicted molar refractivity (Wildman–Crippen MR) is 129 cm³/mol. The van der Waals surface area contributed by atoms with Crippen LogP contribution in [-0.2, 0) is 4.79 Å². The summed E-state index contributed by atoms with van der Waals surface area (Å²) in [5, 5.41) is 2.81. The quantitative estimate of drug-likeness (QED) is 0.161. The Labute approximate surface area is 177 Å². The van der Waals surface area contributed by atoms with Crippen LogP contribution in [0.3, 0.4) is 0 Å². The summed E-state index contributed by atoms with van der Waals surface area (Å²) in [7, 11) is 0. The summed E-state index contributed by atoms with van der Waals surface area (Å²) >= 11 is 5.21. The Bertz CT molecular complexity index is 333. The highest BCUT2D eigenvalue weighted by molar-refractivity contribution is 7.80. The van der Waals surface area contributed by atoms with E-state index in [1.54, 1.807) is 6.08 Å². The summed E-state index contributed by atoms with van der Waals surface area (Å²) in [6.07, 6.45) is 19.3. The Balaban J connectivity index is -0.000000430. The molecule has 0 bridgehead atoms. The van der Waals surface area contributed by atoms with Gasteiger partial charge < -0.3 is 5.32 Å². The van der Waals surface area contributed by atoms with Gasteiger partial charge in [0.05, 0.1) is 0 Å². The van der Waals surface area contributed by atoms with Gasteiger partial charge in [-0.15, -0.1) is 0 Å². The molecule has 1 unspecified atom stereocenters. The van der Waals surface area contributed by atoms with Gasteiger partial charge in [0.15, 0.2) is 0 Å². The molecule has 0 radical (unpaired) electrons. The lowest BCUT2D eigenvalue weighted by Gasteiger charge is -2.16. The molecule has 0 saturated heterocycles. The van der Waals surface area contributed by atoms with E-state index in [4.69, 9.17) is 12.2 Å². The maximum atomic E-state index is 10.8. The Morgan fingerprint density at radius 1 is 0.889 bits per heavy atom. The molecule has 0 fully saturated rings. The number of rotatable bonds is 16. The van der Waals surface area contributed by atoms with Crippen molar-refractivity contribution in [1.29, 1.82) is 0 Å². The van der Waals surface area contributed by atoms with E-state index in [-0.39, 0.29) is 19.3 Å². The van der Waals surface area contributed by atoms with Crippen LogP contribution in [0.4, 0.5) is 0 Å². The monoisotopic (exact) mass is 399 g/mol. The molecule has 0 aromatic rings. The highest BCUT2D eigenvalue weighted by Crippen LogP contribution is 2.12. The normalized spacial score (nSPS) is 10.8. The lowest BCUT2D eigenvalue weighted by molar-refractivity contribution is -0.119. The summed E-state index contributed by atoms with van der Waals surface area (Å²) < 4.78 is 0. The number of nitrogens with one attached hydrogen (secondary N) is 1. The molecule has 0 aliphatic rings. The third-order valence-electron chi connectivity index (χ3n) is 4.56. The van der Waals surface area contributed by atoms with E-state index < -0.39 is 0 Å². The first-order chi connectivity index (χ1) is 12.5. The highest BCUT2D eigenvalue weighted by Gasteiger charge is 2.11. The minimum atomic E-state index is 0. The zero-order valence-corrected chi connectivity index (χ0v) is 18.9. The lowest BCUT2D eigenvalue weighted by atomic mass is 9.97. The van der Waals surface area contributed by atoms with Gasteiger partial charge >= 0.3 is 0 Å². The molecule has 0 rings (SSSR count). The van der Waals surface area contributed by atoms with Crippen LogP contribution >= 0.6 is 12.2 Å². The molecule has 0 aromatic heterocycles. The van der Waals surface area contributed by atoms with Gasteiger partial charge in [0, 0.05) is 24.3 Å². The van der Waals surface area contributed by atoms with Crippen molar-refractivity contribution in [2.75, 3.05) is 6.54 Å². The Morgan fingerprint density at radius 2 is 1.30 bits per heavy atom. The number of allylic oxidation sites excluding steroid dienone is 1. The number of carbonyl (C=O) groups is 1. The molecule has 27 heavy (non-hydrogen) atoms. The summed E-state index contributed by atoms with van der Waals surface area (Å²) in [4.78, 5) is 11.7. The highest BCUT2D eigenvalue weighted by atomic mass is 32.1. The number of hydrogen-bond donors (Lipinski definition) is 1. The van der Waals surface area contributed by atoms with Crippen LogP contribution in [0.15, 0.2) is 12.7 Å². The molecule has 2 nitrogen and oxygen atoms in total. The van der Waals surface area contributed by atoms with Crippen LogP contribution in [0.25, 0.3) is 0 Å². The van der Waals surface area contributed by atoms with E-state index >= 15 is 0 Å². The fraction of sp³-hybridized carbons (Fsp3) is 0.833. The first-order valence-electron chi connectivity index (χ1n) is 10.9. The Kier molecular flexibility index (Phi) is 29.1. The minimum Gasteiger partial charge on any atom is -0.356 e. The van der Waals surface area contributed by atoms with Crippen LogP contribution in [0.1, 0.15) is 119 Å². The minimum absolute atomic E-state index is 0. The third kappa shape index (κ3) is 25.3. The molecule has 0 aliphatic heterocycles. The van der Waals surface area contributed by atoms with E-state index in [9.17, 15) is 4.79 Å². The molecule has 0 aromatic carbocycles. The number of unbranched alkanes of at least 4 members (excludes halogenated alkanes) is 10. The fourth-order valence-electron chi connectivity index (χ4n) is 2.80. The second-order valence-electron chi connectivity index (χ2n) is 7.21. The second kappa shape index (κ2) is 25.3. The SMILES string of the molecule is C.C=CC(=S)C(CCCCC)CNC(C)=O.CCCCCCCCCCC. The maximum absolute atomic E-state index is 10.8. The first kappa shape index (κ1) is 31.0. The van der Waals surface area contributed by atoms with Crippen molar-refractivity contribution < 1.29 is 4.79 Å². The molecule has 0 spiro atoms. The van der Waals surface area contributed by atoms with Gasteiger partial charge in [-0.1, -0.05) is 130 Å². The van der Waals surface area contributed by atoms with Crippen LogP contribution < -0.4 is 5.32 Å². The largest absolute Gasteiger partial charge is 0.356 e. The zero-order chi connectivity index (χ0) is 20.0. The molecular weight excluding hydrogens is 350 g/mol. The van der Waals surface area contributed by atoms with E-state index in [1.165, 1.54) is 77.6 Å². The lowest BCUT2D eigenvalue weighted by Crippen LogP contribution is -2.30. The van der Waals surface area contributed by atoms with Crippen molar-refractivity contribution in [3.05, 3.63) is 12.7 Å². The standard InChI is InChI=1S/C12H21NOS.C11H24.CH4/c1-4-6-7-8-11(12(15)5-2)9-13-10(3)14;1-3-5-7-9-11-10-8-6-4-2;/h5,11H,2,4,6-9H2,1,3H3,(H,13,14);3-11H2,1-2H3;1H4. The van der Waals surface area contributed by atoms with Crippen LogP contribution in [0.5, 0.6) is 0 Å². The predicted octanol–water partition coefficient (Wildman–Crippen LogP) is 8.05. The van der Waals surface area contributed by atoms with E-state index in [0.29, 0.717) is 6.54 Å². The van der Waals surface area contributed by atoms with E-state index in [0.717, 1.165) is 17.7 Å². The van der Waals surface area contributed by atoms with Gasteiger partial charge in [-0.3, -0.25) is 4.79 Å². The molecule has 0 aliphatic carbocycles. The molecule has 1 N–H and O–H groups in total. The molecule has 1 amide bonds. The van der Waals surface area contributed by atoms with Crippen molar-refractivity contribution in [1.82, 2.24) is 5.32 Å². The van der Waals surface area contributed by atoms with Gasteiger partial charge in [-0.25, -0.2) is 0 Å². The fourth-order valence-corrected chi connectivity index (χ4v) is 3.00. The Morgan fingerprint density at radius 3 is 1.67 bits per heavy atom. The zero-order valence-electron chi connectivity index (χ0n) is 18.1. The summed E-state index contributed by atoms with van der Waals surface area (Å²) in [5.74, 6) is 0.273. The number of carbonyl (C=O) groups excluding carboxylic acids is 1. The topological polar surface area (TPSA) is 29.1 Å². The van der Waals surface area contributed by atoms with Gasteiger partial charge in [0.2, 0.25) is 5.91 Å². The Hall–Kier alpha value is -0.700. The van der Waals surface area contributed by atoms with Crippen LogP contribution in [-0.4, -0.2) is 17.3 Å². The second-order valence-corrected chi connectivity index (χ2v) is 7.68. The van der Waals surface area contributed by atoms with Gasteiger partial charge in [0.25, 0.3) is 0 Å². The smallest absolute Gasteiger partial charge is 0.216 e. The molecule has 3 heteroatoms. The third-order valence-corrected chi connectivity index (χ3v) is 5.06. The summed E-state index contributed by atoms with van der Waals surface area (Å²) in [6, 6.07) is 0. The van der Waals surface area contributed by atoms with Crippen LogP contribution in [0.2, 0.25) is 0 Å².